The van der Waals surface area contributed by atoms with Gasteiger partial charge in [-0.15, -0.1) is 0 Å². The van der Waals surface area contributed by atoms with Gasteiger partial charge in [0.2, 0.25) is 0 Å². The zero-order valence-electron chi connectivity index (χ0n) is 14.8. The minimum absolute atomic E-state index is 0.00379. The minimum atomic E-state index is -0.00379. The lowest BCUT2D eigenvalue weighted by Gasteiger charge is -2.47. The van der Waals surface area contributed by atoms with Gasteiger partial charge in [-0.1, -0.05) is 62.0 Å². The Labute approximate surface area is 151 Å². The average molecular weight is 344 g/mol. The van der Waals surface area contributed by atoms with Crippen LogP contribution < -0.4 is 0 Å². The lowest BCUT2D eigenvalue weighted by molar-refractivity contribution is -0.00130. The molecule has 24 heavy (non-hydrogen) atoms. The summed E-state index contributed by atoms with van der Waals surface area (Å²) in [5.41, 5.74) is 2.73. The van der Waals surface area contributed by atoms with Crippen LogP contribution in [0.5, 0.6) is 0 Å². The maximum Gasteiger partial charge on any atom is 0.0607 e. The van der Waals surface area contributed by atoms with E-state index in [0.29, 0.717) is 0 Å². The van der Waals surface area contributed by atoms with Crippen molar-refractivity contribution in [3.8, 4) is 0 Å². The molecule has 1 atom stereocenters. The molecule has 1 aliphatic carbocycles. The van der Waals surface area contributed by atoms with Crippen molar-refractivity contribution < 1.29 is 4.74 Å². The van der Waals surface area contributed by atoms with Crippen molar-refractivity contribution >= 4 is 17.1 Å². The number of allylic oxidation sites excluding steroid dienone is 1. The van der Waals surface area contributed by atoms with Gasteiger partial charge in [0.25, 0.3) is 0 Å². The molecule has 0 bridgehead atoms. The van der Waals surface area contributed by atoms with Gasteiger partial charge < -0.3 is 4.74 Å². The predicted molar refractivity (Wildman–Crippen MR) is 105 cm³/mol. The molecule has 1 aliphatic heterocycles. The Kier molecular flexibility index (Phi) is 6.20. The predicted octanol–water partition coefficient (Wildman–Crippen LogP) is 4.56. The Bertz CT molecular complexity index is 591. The van der Waals surface area contributed by atoms with Crippen LogP contribution in [-0.2, 0) is 11.2 Å². The van der Waals surface area contributed by atoms with Crippen LogP contribution in [0.1, 0.15) is 50.2 Å². The summed E-state index contributed by atoms with van der Waals surface area (Å²) in [6, 6.07) is 8.80. The van der Waals surface area contributed by atoms with Crippen LogP contribution in [0, 0.1) is 0 Å². The van der Waals surface area contributed by atoms with Gasteiger partial charge in [-0.3, -0.25) is 4.90 Å². The van der Waals surface area contributed by atoms with E-state index in [-0.39, 0.29) is 5.54 Å². The second-order valence-electron chi connectivity index (χ2n) is 6.94. The molecule has 0 spiro atoms. The third-order valence-electron chi connectivity index (χ3n) is 5.45. The molecule has 1 fully saturated rings. The number of thiocarbonyl (C=S) groups is 1. The van der Waals surface area contributed by atoms with Gasteiger partial charge in [0, 0.05) is 18.0 Å². The zero-order valence-corrected chi connectivity index (χ0v) is 15.6. The molecule has 0 aromatic heterocycles. The molecule has 0 radical (unpaired) electrons. The molecule has 1 heterocycles. The van der Waals surface area contributed by atoms with E-state index in [1.807, 2.05) is 0 Å². The molecule has 1 aromatic rings. The van der Waals surface area contributed by atoms with Gasteiger partial charge in [0.1, 0.15) is 0 Å². The van der Waals surface area contributed by atoms with E-state index in [2.05, 4.69) is 48.2 Å². The summed E-state index contributed by atoms with van der Waals surface area (Å²) in [6.07, 6.45) is 11.5. The fourth-order valence-electron chi connectivity index (χ4n) is 4.03. The third-order valence-corrected chi connectivity index (χ3v) is 6.05. The molecule has 3 heteroatoms. The smallest absolute Gasteiger partial charge is 0.0607 e. The van der Waals surface area contributed by atoms with Crippen LogP contribution in [0.15, 0.2) is 36.4 Å². The highest BCUT2D eigenvalue weighted by Gasteiger charge is 2.41. The van der Waals surface area contributed by atoms with Crippen LogP contribution in [0.3, 0.4) is 0 Å². The molecule has 1 unspecified atom stereocenters. The number of unbranched alkanes of at least 4 members (excludes halogenated alkanes) is 1. The average Bonchev–Trinajstić information content (AvgIpc) is 2.67. The van der Waals surface area contributed by atoms with Crippen molar-refractivity contribution in [1.29, 1.82) is 0 Å². The number of hydrogen-bond donors (Lipinski definition) is 0. The molecule has 2 aliphatic rings. The standard InChI is InChI=1S/C21H29NOS/c1-2-3-9-18-10-5-6-11-19(18)20(24)21(12-7-4-8-13-21)22-14-16-23-17-15-22/h4-7,10-11H,2-3,8-9,12-17H2,1H3. The summed E-state index contributed by atoms with van der Waals surface area (Å²) < 4.78 is 5.59. The first kappa shape index (κ1) is 17.8. The molecular weight excluding hydrogens is 314 g/mol. The van der Waals surface area contributed by atoms with E-state index in [1.54, 1.807) is 0 Å². The van der Waals surface area contributed by atoms with Gasteiger partial charge in [0.05, 0.1) is 18.8 Å². The number of ether oxygens (including phenoxy) is 1. The molecule has 0 saturated carbocycles. The fourth-order valence-corrected chi connectivity index (χ4v) is 4.54. The molecule has 0 N–H and O–H groups in total. The molecular formula is C21H29NOS. The van der Waals surface area contributed by atoms with E-state index in [9.17, 15) is 0 Å². The Morgan fingerprint density at radius 3 is 2.71 bits per heavy atom. The number of benzene rings is 1. The van der Waals surface area contributed by atoms with Crippen molar-refractivity contribution in [2.24, 2.45) is 0 Å². The largest absolute Gasteiger partial charge is 0.379 e. The number of hydrogen-bond acceptors (Lipinski definition) is 3. The number of morpholine rings is 1. The van der Waals surface area contributed by atoms with Crippen LogP contribution >= 0.6 is 12.2 Å². The molecule has 1 aromatic carbocycles. The molecule has 1 saturated heterocycles. The molecule has 0 amide bonds. The number of rotatable bonds is 6. The molecule has 2 nitrogen and oxygen atoms in total. The van der Waals surface area contributed by atoms with Crippen molar-refractivity contribution in [3.63, 3.8) is 0 Å². The van der Waals surface area contributed by atoms with Gasteiger partial charge in [0.15, 0.2) is 0 Å². The Morgan fingerprint density at radius 2 is 2.00 bits per heavy atom. The molecule has 130 valence electrons. The van der Waals surface area contributed by atoms with E-state index in [4.69, 9.17) is 17.0 Å². The normalized spacial score (nSPS) is 24.9. The summed E-state index contributed by atoms with van der Waals surface area (Å²) in [5, 5.41) is 0. The summed E-state index contributed by atoms with van der Waals surface area (Å²) in [7, 11) is 0. The van der Waals surface area contributed by atoms with E-state index in [0.717, 1.165) is 56.9 Å². The topological polar surface area (TPSA) is 12.5 Å². The number of nitrogens with zero attached hydrogens (tertiary/aromatic N) is 1. The van der Waals surface area contributed by atoms with Crippen molar-refractivity contribution in [1.82, 2.24) is 4.90 Å². The maximum atomic E-state index is 6.16. The zero-order chi connectivity index (χ0) is 16.8. The van der Waals surface area contributed by atoms with Crippen LogP contribution in [0.4, 0.5) is 0 Å². The molecule has 3 rings (SSSR count). The summed E-state index contributed by atoms with van der Waals surface area (Å²) in [6.45, 7) is 5.88. The third kappa shape index (κ3) is 3.63. The SMILES string of the molecule is CCCCc1ccccc1C(=S)C1(N2CCOCC2)CC=CCC1. The second kappa shape index (κ2) is 8.37. The number of aryl methyl sites for hydroxylation is 1. The van der Waals surface area contributed by atoms with Crippen molar-refractivity contribution in [3.05, 3.63) is 47.5 Å². The van der Waals surface area contributed by atoms with Gasteiger partial charge in [-0.05, 0) is 43.2 Å². The summed E-state index contributed by atoms with van der Waals surface area (Å²) >= 11 is 6.16. The first-order valence-electron chi connectivity index (χ1n) is 9.38. The first-order chi connectivity index (χ1) is 11.8. The lowest BCUT2D eigenvalue weighted by atomic mass is 9.77. The maximum absolute atomic E-state index is 6.16. The fraction of sp³-hybridized carbons (Fsp3) is 0.571. The lowest BCUT2D eigenvalue weighted by Crippen LogP contribution is -2.58. The summed E-state index contributed by atoms with van der Waals surface area (Å²) in [4.78, 5) is 3.75. The Hall–Kier alpha value is -1.03. The Morgan fingerprint density at radius 1 is 1.21 bits per heavy atom. The van der Waals surface area contributed by atoms with Crippen LogP contribution in [-0.4, -0.2) is 41.6 Å². The van der Waals surface area contributed by atoms with Crippen molar-refractivity contribution in [2.45, 2.75) is 51.0 Å². The second-order valence-corrected chi connectivity index (χ2v) is 7.34. The van der Waals surface area contributed by atoms with Crippen LogP contribution in [0.2, 0.25) is 0 Å². The highest BCUT2D eigenvalue weighted by atomic mass is 32.1. The van der Waals surface area contributed by atoms with Crippen molar-refractivity contribution in [2.75, 3.05) is 26.3 Å². The van der Waals surface area contributed by atoms with E-state index in [1.165, 1.54) is 24.0 Å². The highest BCUT2D eigenvalue weighted by Crippen LogP contribution is 2.36. The van der Waals surface area contributed by atoms with Gasteiger partial charge in [-0.25, -0.2) is 0 Å². The monoisotopic (exact) mass is 343 g/mol. The van der Waals surface area contributed by atoms with E-state index >= 15 is 0 Å². The minimum Gasteiger partial charge on any atom is -0.379 e. The quantitative estimate of drug-likeness (QED) is 0.427. The van der Waals surface area contributed by atoms with Gasteiger partial charge >= 0.3 is 0 Å². The van der Waals surface area contributed by atoms with Gasteiger partial charge in [-0.2, -0.15) is 0 Å². The Balaban J connectivity index is 1.93. The highest BCUT2D eigenvalue weighted by molar-refractivity contribution is 7.81. The van der Waals surface area contributed by atoms with Crippen LogP contribution in [0.25, 0.3) is 0 Å². The first-order valence-corrected chi connectivity index (χ1v) is 9.79. The van der Waals surface area contributed by atoms with E-state index < -0.39 is 0 Å². The summed E-state index contributed by atoms with van der Waals surface area (Å²) in [5.74, 6) is 0.